The van der Waals surface area contributed by atoms with Crippen LogP contribution in [0, 0.1) is 13.8 Å². The fourth-order valence-corrected chi connectivity index (χ4v) is 2.27. The second kappa shape index (κ2) is 7.32. The van der Waals surface area contributed by atoms with Gasteiger partial charge in [-0.1, -0.05) is 41.9 Å². The molecule has 116 valence electrons. The maximum absolute atomic E-state index is 12.1. The maximum atomic E-state index is 12.1. The van der Waals surface area contributed by atoms with Crippen molar-refractivity contribution in [2.75, 3.05) is 0 Å². The van der Waals surface area contributed by atoms with Gasteiger partial charge in [-0.3, -0.25) is 4.79 Å². The quantitative estimate of drug-likeness (QED) is 0.903. The first kappa shape index (κ1) is 16.4. The van der Waals surface area contributed by atoms with E-state index in [1.807, 2.05) is 56.3 Å². The molecule has 0 radical (unpaired) electrons. The van der Waals surface area contributed by atoms with Gasteiger partial charge >= 0.3 is 0 Å². The number of hydrogen-bond acceptors (Lipinski definition) is 2. The van der Waals surface area contributed by atoms with Crippen molar-refractivity contribution < 1.29 is 9.53 Å². The molecule has 0 bridgehead atoms. The van der Waals surface area contributed by atoms with Crippen molar-refractivity contribution in [1.82, 2.24) is 5.32 Å². The number of aryl methyl sites for hydroxylation is 2. The van der Waals surface area contributed by atoms with Crippen LogP contribution in [-0.2, 0) is 11.3 Å². The number of amides is 1. The number of ether oxygens (including phenoxy) is 1. The lowest BCUT2D eigenvalue weighted by Crippen LogP contribution is -2.35. The highest BCUT2D eigenvalue weighted by Crippen LogP contribution is 2.26. The predicted octanol–water partition coefficient (Wildman–Crippen LogP) is 4.04. The van der Waals surface area contributed by atoms with Crippen molar-refractivity contribution >= 4 is 17.5 Å². The van der Waals surface area contributed by atoms with Gasteiger partial charge in [0.05, 0.1) is 0 Å². The van der Waals surface area contributed by atoms with E-state index in [9.17, 15) is 4.79 Å². The number of carbonyl (C=O) groups is 1. The monoisotopic (exact) mass is 317 g/mol. The average molecular weight is 318 g/mol. The van der Waals surface area contributed by atoms with E-state index in [2.05, 4.69) is 5.32 Å². The lowest BCUT2D eigenvalue weighted by atomic mass is 10.1. The van der Waals surface area contributed by atoms with Crippen LogP contribution in [0.4, 0.5) is 0 Å². The van der Waals surface area contributed by atoms with Gasteiger partial charge in [-0.25, -0.2) is 0 Å². The van der Waals surface area contributed by atoms with Crippen LogP contribution in [0.5, 0.6) is 5.75 Å². The van der Waals surface area contributed by atoms with Gasteiger partial charge in [0.15, 0.2) is 6.10 Å². The summed E-state index contributed by atoms with van der Waals surface area (Å²) < 4.78 is 5.71. The molecule has 22 heavy (non-hydrogen) atoms. The molecule has 0 aromatic heterocycles. The minimum atomic E-state index is -0.566. The molecule has 2 rings (SSSR count). The van der Waals surface area contributed by atoms with Crippen LogP contribution < -0.4 is 10.1 Å². The van der Waals surface area contributed by atoms with E-state index >= 15 is 0 Å². The Hall–Kier alpha value is -2.00. The molecular weight excluding hydrogens is 298 g/mol. The molecule has 0 fully saturated rings. The average Bonchev–Trinajstić information content (AvgIpc) is 2.51. The molecule has 2 aromatic rings. The van der Waals surface area contributed by atoms with Crippen LogP contribution in [0.25, 0.3) is 0 Å². The first-order valence-corrected chi connectivity index (χ1v) is 7.60. The molecule has 0 aliphatic heterocycles. The zero-order valence-corrected chi connectivity index (χ0v) is 13.8. The van der Waals surface area contributed by atoms with Crippen LogP contribution in [0.1, 0.15) is 23.6 Å². The smallest absolute Gasteiger partial charge is 0.261 e. The molecule has 1 N–H and O–H groups in total. The zero-order chi connectivity index (χ0) is 16.1. The van der Waals surface area contributed by atoms with E-state index in [0.717, 1.165) is 21.7 Å². The molecule has 0 saturated carbocycles. The summed E-state index contributed by atoms with van der Waals surface area (Å²) in [5, 5.41) is 3.60. The Morgan fingerprint density at radius 1 is 1.18 bits per heavy atom. The van der Waals surface area contributed by atoms with Crippen LogP contribution in [0.15, 0.2) is 42.5 Å². The summed E-state index contributed by atoms with van der Waals surface area (Å²) in [7, 11) is 0. The summed E-state index contributed by atoms with van der Waals surface area (Å²) >= 11 is 6.13. The number of benzene rings is 2. The third-order valence-corrected chi connectivity index (χ3v) is 4.00. The third kappa shape index (κ3) is 4.25. The van der Waals surface area contributed by atoms with E-state index in [-0.39, 0.29) is 5.91 Å². The van der Waals surface area contributed by atoms with Crippen molar-refractivity contribution in [1.29, 1.82) is 0 Å². The Labute approximate surface area is 136 Å². The SMILES string of the molecule is Cc1cc(OC(C)C(=O)NCc2ccccc2)cc(C)c1Cl. The summed E-state index contributed by atoms with van der Waals surface area (Å²) in [4.78, 5) is 12.1. The molecule has 1 amide bonds. The number of halogens is 1. The lowest BCUT2D eigenvalue weighted by molar-refractivity contribution is -0.127. The number of nitrogens with one attached hydrogen (secondary N) is 1. The molecule has 0 aliphatic rings. The Morgan fingerprint density at radius 3 is 2.36 bits per heavy atom. The molecule has 1 unspecified atom stereocenters. The Bertz CT molecular complexity index is 632. The predicted molar refractivity (Wildman–Crippen MR) is 89.3 cm³/mol. The van der Waals surface area contributed by atoms with Gasteiger partial charge in [0.2, 0.25) is 0 Å². The molecule has 3 nitrogen and oxygen atoms in total. The first-order chi connectivity index (χ1) is 10.5. The summed E-state index contributed by atoms with van der Waals surface area (Å²) in [6.45, 7) is 6.07. The number of hydrogen-bond donors (Lipinski definition) is 1. The van der Waals surface area contributed by atoms with E-state index in [1.54, 1.807) is 6.92 Å². The molecule has 0 heterocycles. The van der Waals surface area contributed by atoms with Crippen LogP contribution >= 0.6 is 11.6 Å². The normalized spacial score (nSPS) is 11.8. The first-order valence-electron chi connectivity index (χ1n) is 7.22. The van der Waals surface area contributed by atoms with Gasteiger partial charge in [-0.05, 0) is 49.6 Å². The molecule has 1 atom stereocenters. The lowest BCUT2D eigenvalue weighted by Gasteiger charge is -2.16. The molecule has 0 saturated heterocycles. The molecule has 0 spiro atoms. The molecule has 2 aromatic carbocycles. The van der Waals surface area contributed by atoms with Crippen LogP contribution in [0.3, 0.4) is 0 Å². The highest BCUT2D eigenvalue weighted by molar-refractivity contribution is 6.32. The van der Waals surface area contributed by atoms with Crippen molar-refractivity contribution in [3.63, 3.8) is 0 Å². The van der Waals surface area contributed by atoms with E-state index in [0.29, 0.717) is 12.3 Å². The summed E-state index contributed by atoms with van der Waals surface area (Å²) in [5.74, 6) is 0.510. The van der Waals surface area contributed by atoms with Crippen molar-refractivity contribution in [2.45, 2.75) is 33.4 Å². The Balaban J connectivity index is 1.94. The largest absolute Gasteiger partial charge is 0.481 e. The zero-order valence-electron chi connectivity index (χ0n) is 13.0. The Kier molecular flexibility index (Phi) is 5.45. The summed E-state index contributed by atoms with van der Waals surface area (Å²) in [6, 6.07) is 13.5. The Morgan fingerprint density at radius 2 is 1.77 bits per heavy atom. The summed E-state index contributed by atoms with van der Waals surface area (Å²) in [5.41, 5.74) is 2.93. The van der Waals surface area contributed by atoms with Crippen molar-refractivity contribution in [2.24, 2.45) is 0 Å². The fourth-order valence-electron chi connectivity index (χ4n) is 2.16. The fraction of sp³-hybridized carbons (Fsp3) is 0.278. The second-order valence-corrected chi connectivity index (χ2v) is 5.71. The summed E-state index contributed by atoms with van der Waals surface area (Å²) in [6.07, 6.45) is -0.566. The van der Waals surface area contributed by atoms with Crippen LogP contribution in [-0.4, -0.2) is 12.0 Å². The van der Waals surface area contributed by atoms with Crippen molar-refractivity contribution in [3.05, 3.63) is 64.2 Å². The highest BCUT2D eigenvalue weighted by atomic mass is 35.5. The van der Waals surface area contributed by atoms with E-state index in [1.165, 1.54) is 0 Å². The van der Waals surface area contributed by atoms with Gasteiger partial charge in [0, 0.05) is 11.6 Å². The van der Waals surface area contributed by atoms with Crippen molar-refractivity contribution in [3.8, 4) is 5.75 Å². The molecular formula is C18H20ClNO2. The topological polar surface area (TPSA) is 38.3 Å². The maximum Gasteiger partial charge on any atom is 0.261 e. The third-order valence-electron chi connectivity index (χ3n) is 3.40. The molecule has 4 heteroatoms. The van der Waals surface area contributed by atoms with Gasteiger partial charge in [0.25, 0.3) is 5.91 Å². The van der Waals surface area contributed by atoms with Gasteiger partial charge in [-0.15, -0.1) is 0 Å². The standard InChI is InChI=1S/C18H20ClNO2/c1-12-9-16(10-13(2)17(12)19)22-14(3)18(21)20-11-15-7-5-4-6-8-15/h4-10,14H,11H2,1-3H3,(H,20,21). The van der Waals surface area contributed by atoms with Gasteiger partial charge in [0.1, 0.15) is 5.75 Å². The van der Waals surface area contributed by atoms with Gasteiger partial charge < -0.3 is 10.1 Å². The van der Waals surface area contributed by atoms with E-state index in [4.69, 9.17) is 16.3 Å². The minimum absolute atomic E-state index is 0.144. The van der Waals surface area contributed by atoms with Crippen LogP contribution in [0.2, 0.25) is 5.02 Å². The highest BCUT2D eigenvalue weighted by Gasteiger charge is 2.15. The number of carbonyl (C=O) groups excluding carboxylic acids is 1. The number of rotatable bonds is 5. The minimum Gasteiger partial charge on any atom is -0.481 e. The molecule has 0 aliphatic carbocycles. The van der Waals surface area contributed by atoms with Gasteiger partial charge in [-0.2, -0.15) is 0 Å². The van der Waals surface area contributed by atoms with E-state index < -0.39 is 6.10 Å². The second-order valence-electron chi connectivity index (χ2n) is 5.33.